The van der Waals surface area contributed by atoms with E-state index >= 15 is 0 Å². The molecule has 2 N–H and O–H groups in total. The van der Waals surface area contributed by atoms with Gasteiger partial charge in [0.25, 0.3) is 6.43 Å². The molecule has 2 aromatic heterocycles. The number of rotatable bonds is 4. The summed E-state index contributed by atoms with van der Waals surface area (Å²) in [6.45, 7) is 1.17. The maximum atomic E-state index is 12.3. The molecule has 0 aliphatic carbocycles. The van der Waals surface area contributed by atoms with Crippen LogP contribution in [0.1, 0.15) is 6.42 Å². The highest BCUT2D eigenvalue weighted by atomic mass is 19.3. The maximum Gasteiger partial charge on any atom is 0.251 e. The van der Waals surface area contributed by atoms with Crippen LogP contribution in [0.25, 0.3) is 11.0 Å². The number of fused-ring (bicyclic) bond motifs is 1. The van der Waals surface area contributed by atoms with Crippen LogP contribution in [0.3, 0.4) is 0 Å². The summed E-state index contributed by atoms with van der Waals surface area (Å²) in [7, 11) is 0. The SMILES string of the molecule is FC(F)CN1CCC(Nc2ncnc3[nH]ccc23)C1. The first-order valence-electron chi connectivity index (χ1n) is 6.27. The lowest BCUT2D eigenvalue weighted by Crippen LogP contribution is -2.30. The van der Waals surface area contributed by atoms with Crippen molar-refractivity contribution in [3.8, 4) is 0 Å². The number of nitrogens with zero attached hydrogens (tertiary/aromatic N) is 3. The third kappa shape index (κ3) is 2.65. The quantitative estimate of drug-likeness (QED) is 0.885. The van der Waals surface area contributed by atoms with E-state index < -0.39 is 6.43 Å². The van der Waals surface area contributed by atoms with Gasteiger partial charge in [0, 0.05) is 25.3 Å². The van der Waals surface area contributed by atoms with Gasteiger partial charge >= 0.3 is 0 Å². The van der Waals surface area contributed by atoms with E-state index in [4.69, 9.17) is 0 Å². The van der Waals surface area contributed by atoms with Gasteiger partial charge in [-0.1, -0.05) is 0 Å². The molecular weight excluding hydrogens is 252 g/mol. The summed E-state index contributed by atoms with van der Waals surface area (Å²) in [5.74, 6) is 0.759. The Morgan fingerprint density at radius 1 is 1.47 bits per heavy atom. The van der Waals surface area contributed by atoms with Gasteiger partial charge in [0.15, 0.2) is 0 Å². The first-order valence-corrected chi connectivity index (χ1v) is 6.27. The first kappa shape index (κ1) is 12.3. The number of aromatic amines is 1. The zero-order valence-electron chi connectivity index (χ0n) is 10.3. The second-order valence-electron chi connectivity index (χ2n) is 4.74. The summed E-state index contributed by atoms with van der Waals surface area (Å²) >= 11 is 0. The lowest BCUT2D eigenvalue weighted by molar-refractivity contribution is 0.0993. The van der Waals surface area contributed by atoms with Crippen LogP contribution in [0.5, 0.6) is 0 Å². The first-order chi connectivity index (χ1) is 9.22. The number of likely N-dealkylation sites (tertiary alicyclic amines) is 1. The minimum atomic E-state index is -2.27. The molecule has 5 nitrogen and oxygen atoms in total. The lowest BCUT2D eigenvalue weighted by atomic mass is 10.2. The van der Waals surface area contributed by atoms with E-state index in [-0.39, 0.29) is 12.6 Å². The molecule has 102 valence electrons. The Labute approximate surface area is 109 Å². The normalized spacial score (nSPS) is 20.5. The topological polar surface area (TPSA) is 56.8 Å². The number of anilines is 1. The van der Waals surface area contributed by atoms with E-state index in [1.165, 1.54) is 6.33 Å². The van der Waals surface area contributed by atoms with Crippen LogP contribution < -0.4 is 5.32 Å². The van der Waals surface area contributed by atoms with Crippen molar-refractivity contribution in [2.45, 2.75) is 18.9 Å². The van der Waals surface area contributed by atoms with Crippen molar-refractivity contribution in [3.63, 3.8) is 0 Å². The van der Waals surface area contributed by atoms with E-state index in [0.29, 0.717) is 13.1 Å². The molecule has 1 unspecified atom stereocenters. The molecule has 0 saturated carbocycles. The molecule has 0 aromatic carbocycles. The number of H-pyrrole nitrogens is 1. The largest absolute Gasteiger partial charge is 0.365 e. The van der Waals surface area contributed by atoms with Gasteiger partial charge in [-0.2, -0.15) is 0 Å². The summed E-state index contributed by atoms with van der Waals surface area (Å²) in [4.78, 5) is 13.1. The zero-order chi connectivity index (χ0) is 13.2. The predicted octanol–water partition coefficient (Wildman–Crippen LogP) is 1.71. The summed E-state index contributed by atoms with van der Waals surface area (Å²) in [6, 6.07) is 2.07. The van der Waals surface area contributed by atoms with Gasteiger partial charge in [-0.15, -0.1) is 0 Å². The monoisotopic (exact) mass is 267 g/mol. The van der Waals surface area contributed by atoms with Gasteiger partial charge in [0.2, 0.25) is 0 Å². The standard InChI is InChI=1S/C12H15F2N5/c13-10(14)6-19-4-2-8(5-19)18-12-9-1-3-15-11(9)16-7-17-12/h1,3,7-8,10H,2,4-6H2,(H2,15,16,17,18). The van der Waals surface area contributed by atoms with Crippen LogP contribution in [0.15, 0.2) is 18.6 Å². The summed E-state index contributed by atoms with van der Waals surface area (Å²) < 4.78 is 24.6. The molecule has 1 saturated heterocycles. The van der Waals surface area contributed by atoms with E-state index in [2.05, 4.69) is 20.3 Å². The molecule has 19 heavy (non-hydrogen) atoms. The Morgan fingerprint density at radius 2 is 2.37 bits per heavy atom. The van der Waals surface area contributed by atoms with E-state index in [1.807, 2.05) is 12.3 Å². The predicted molar refractivity (Wildman–Crippen MR) is 68.4 cm³/mol. The highest BCUT2D eigenvalue weighted by Crippen LogP contribution is 2.21. The molecule has 2 aromatic rings. The Bertz CT molecular complexity index is 556. The van der Waals surface area contributed by atoms with E-state index in [9.17, 15) is 8.78 Å². The van der Waals surface area contributed by atoms with Crippen molar-refractivity contribution < 1.29 is 8.78 Å². The number of halogens is 2. The fourth-order valence-corrected chi connectivity index (χ4v) is 2.49. The highest BCUT2D eigenvalue weighted by molar-refractivity contribution is 5.86. The Balaban J connectivity index is 1.68. The van der Waals surface area contributed by atoms with Gasteiger partial charge in [0.1, 0.15) is 17.8 Å². The van der Waals surface area contributed by atoms with Crippen molar-refractivity contribution in [1.29, 1.82) is 0 Å². The van der Waals surface area contributed by atoms with Crippen LogP contribution in [0, 0.1) is 0 Å². The lowest BCUT2D eigenvalue weighted by Gasteiger charge is -2.16. The van der Waals surface area contributed by atoms with Gasteiger partial charge < -0.3 is 10.3 Å². The molecule has 0 amide bonds. The third-order valence-corrected chi connectivity index (χ3v) is 3.36. The zero-order valence-corrected chi connectivity index (χ0v) is 10.3. The number of hydrogen-bond acceptors (Lipinski definition) is 4. The van der Waals surface area contributed by atoms with Crippen LogP contribution in [0.4, 0.5) is 14.6 Å². The van der Waals surface area contributed by atoms with Gasteiger partial charge in [-0.3, -0.25) is 4.90 Å². The van der Waals surface area contributed by atoms with Crippen molar-refractivity contribution in [2.24, 2.45) is 0 Å². The molecule has 3 rings (SSSR count). The second-order valence-corrected chi connectivity index (χ2v) is 4.74. The highest BCUT2D eigenvalue weighted by Gasteiger charge is 2.25. The summed E-state index contributed by atoms with van der Waals surface area (Å²) in [5, 5.41) is 4.24. The number of aromatic nitrogens is 3. The molecule has 1 atom stereocenters. The second kappa shape index (κ2) is 5.08. The third-order valence-electron chi connectivity index (χ3n) is 3.36. The Morgan fingerprint density at radius 3 is 3.21 bits per heavy atom. The Kier molecular flexibility index (Phi) is 3.29. The van der Waals surface area contributed by atoms with E-state index in [1.54, 1.807) is 4.90 Å². The van der Waals surface area contributed by atoms with Crippen molar-refractivity contribution >= 4 is 16.9 Å². The summed E-state index contributed by atoms with van der Waals surface area (Å²) in [5.41, 5.74) is 0.778. The molecule has 0 radical (unpaired) electrons. The van der Waals surface area contributed by atoms with Crippen LogP contribution in [-0.2, 0) is 0 Å². The number of hydrogen-bond donors (Lipinski definition) is 2. The van der Waals surface area contributed by atoms with Crippen LogP contribution in [0.2, 0.25) is 0 Å². The minimum Gasteiger partial charge on any atom is -0.365 e. The molecule has 0 bridgehead atoms. The van der Waals surface area contributed by atoms with Crippen molar-refractivity contribution in [1.82, 2.24) is 19.9 Å². The number of nitrogens with one attached hydrogen (secondary N) is 2. The molecule has 7 heteroatoms. The molecule has 1 aliphatic rings. The molecular formula is C12H15F2N5. The molecule has 1 aliphatic heterocycles. The average Bonchev–Trinajstić information content (AvgIpc) is 2.98. The Hall–Kier alpha value is -1.76. The van der Waals surface area contributed by atoms with Crippen molar-refractivity contribution in [2.75, 3.05) is 25.0 Å². The molecule has 1 fully saturated rings. The summed E-state index contributed by atoms with van der Waals surface area (Å²) in [6.07, 6.45) is 1.88. The molecule has 3 heterocycles. The van der Waals surface area contributed by atoms with Gasteiger partial charge in [-0.05, 0) is 12.5 Å². The minimum absolute atomic E-state index is 0.151. The van der Waals surface area contributed by atoms with Gasteiger partial charge in [-0.25, -0.2) is 18.7 Å². The van der Waals surface area contributed by atoms with E-state index in [0.717, 1.165) is 23.3 Å². The van der Waals surface area contributed by atoms with Crippen LogP contribution >= 0.6 is 0 Å². The average molecular weight is 267 g/mol. The van der Waals surface area contributed by atoms with Crippen molar-refractivity contribution in [3.05, 3.63) is 18.6 Å². The maximum absolute atomic E-state index is 12.3. The van der Waals surface area contributed by atoms with Crippen LogP contribution in [-0.4, -0.2) is 52.0 Å². The fourth-order valence-electron chi connectivity index (χ4n) is 2.49. The van der Waals surface area contributed by atoms with Gasteiger partial charge in [0.05, 0.1) is 11.9 Å². The smallest absolute Gasteiger partial charge is 0.251 e. The molecule has 0 spiro atoms. The fraction of sp³-hybridized carbons (Fsp3) is 0.500. The number of alkyl halides is 2.